The summed E-state index contributed by atoms with van der Waals surface area (Å²) in [6, 6.07) is 0. The maximum absolute atomic E-state index is 10.2. The van der Waals surface area contributed by atoms with Crippen molar-refractivity contribution in [2.45, 2.75) is 13.2 Å². The molecule has 0 fully saturated rings. The van der Waals surface area contributed by atoms with E-state index in [9.17, 15) is 4.79 Å². The third-order valence-corrected chi connectivity index (χ3v) is 1.21. The van der Waals surface area contributed by atoms with Crippen molar-refractivity contribution in [3.63, 3.8) is 0 Å². The zero-order valence-electron chi connectivity index (χ0n) is 5.50. The van der Waals surface area contributed by atoms with E-state index in [1.54, 1.807) is 18.1 Å². The average molecular weight is 127 g/mol. The number of ether oxygens (including phenoxy) is 1. The quantitative estimate of drug-likeness (QED) is 0.475. The van der Waals surface area contributed by atoms with E-state index in [4.69, 9.17) is 4.74 Å². The first-order chi connectivity index (χ1) is 4.24. The minimum atomic E-state index is -0.398. The molecule has 0 saturated heterocycles. The second-order valence-electron chi connectivity index (χ2n) is 2.05. The van der Waals surface area contributed by atoms with Crippen LogP contribution in [0.25, 0.3) is 0 Å². The highest BCUT2D eigenvalue weighted by Gasteiger charge is 2.18. The van der Waals surface area contributed by atoms with Crippen molar-refractivity contribution in [1.82, 2.24) is 4.90 Å². The van der Waals surface area contributed by atoms with Gasteiger partial charge in [-0.05, 0) is 6.92 Å². The maximum atomic E-state index is 10.2. The minimum absolute atomic E-state index is 0.398. The molecule has 0 spiro atoms. The molecule has 0 N–H and O–H groups in total. The van der Waals surface area contributed by atoms with E-state index in [1.165, 1.54) is 0 Å². The molecule has 50 valence electrons. The Labute approximate surface area is 53.9 Å². The molecule has 0 aromatic rings. The standard InChI is InChI=1S/C6H9NO2/c1-5-3-7(2)6(4-8)9-5/h3-4,6H,1-2H3. The summed E-state index contributed by atoms with van der Waals surface area (Å²) in [5, 5.41) is 0. The van der Waals surface area contributed by atoms with E-state index in [2.05, 4.69) is 0 Å². The van der Waals surface area contributed by atoms with Gasteiger partial charge in [0, 0.05) is 13.2 Å². The van der Waals surface area contributed by atoms with Gasteiger partial charge < -0.3 is 9.64 Å². The summed E-state index contributed by atoms with van der Waals surface area (Å²) in [5.74, 6) is 0.787. The van der Waals surface area contributed by atoms with Gasteiger partial charge in [-0.25, -0.2) is 0 Å². The molecule has 0 bridgehead atoms. The van der Waals surface area contributed by atoms with Gasteiger partial charge in [0.15, 0.2) is 6.29 Å². The predicted octanol–water partition coefficient (Wildman–Crippen LogP) is 0.335. The summed E-state index contributed by atoms with van der Waals surface area (Å²) in [5.41, 5.74) is 0. The van der Waals surface area contributed by atoms with E-state index in [1.807, 2.05) is 6.92 Å². The number of nitrogens with zero attached hydrogens (tertiary/aromatic N) is 1. The molecular formula is C6H9NO2. The lowest BCUT2D eigenvalue weighted by Gasteiger charge is -2.12. The minimum Gasteiger partial charge on any atom is -0.467 e. The highest BCUT2D eigenvalue weighted by Crippen LogP contribution is 2.12. The predicted molar refractivity (Wildman–Crippen MR) is 32.5 cm³/mol. The van der Waals surface area contributed by atoms with Crippen LogP contribution < -0.4 is 0 Å². The molecule has 3 heteroatoms. The Morgan fingerprint density at radius 2 is 2.56 bits per heavy atom. The molecule has 1 aliphatic heterocycles. The number of carbonyl (C=O) groups excluding carboxylic acids is 1. The highest BCUT2D eigenvalue weighted by atomic mass is 16.5. The molecule has 0 saturated carbocycles. The van der Waals surface area contributed by atoms with Crippen LogP contribution in [0.2, 0.25) is 0 Å². The van der Waals surface area contributed by atoms with Gasteiger partial charge in [-0.15, -0.1) is 0 Å². The van der Waals surface area contributed by atoms with Gasteiger partial charge in [0.2, 0.25) is 6.23 Å². The van der Waals surface area contributed by atoms with Gasteiger partial charge >= 0.3 is 0 Å². The van der Waals surface area contributed by atoms with Crippen LogP contribution in [-0.2, 0) is 9.53 Å². The average Bonchev–Trinajstić information content (AvgIpc) is 2.10. The number of hydrogen-bond donors (Lipinski definition) is 0. The molecule has 1 unspecified atom stereocenters. The third kappa shape index (κ3) is 1.04. The molecule has 1 rings (SSSR count). The van der Waals surface area contributed by atoms with Crippen molar-refractivity contribution in [1.29, 1.82) is 0 Å². The van der Waals surface area contributed by atoms with Crippen LogP contribution in [0, 0.1) is 0 Å². The monoisotopic (exact) mass is 127 g/mol. The molecule has 0 aromatic carbocycles. The van der Waals surface area contributed by atoms with Gasteiger partial charge in [0.1, 0.15) is 5.76 Å². The zero-order valence-corrected chi connectivity index (χ0v) is 5.50. The molecule has 1 heterocycles. The normalized spacial score (nSPS) is 25.3. The molecule has 0 amide bonds. The van der Waals surface area contributed by atoms with Crippen LogP contribution in [0.5, 0.6) is 0 Å². The maximum Gasteiger partial charge on any atom is 0.227 e. The van der Waals surface area contributed by atoms with Crippen LogP contribution in [0.15, 0.2) is 12.0 Å². The van der Waals surface area contributed by atoms with E-state index >= 15 is 0 Å². The lowest BCUT2D eigenvalue weighted by Crippen LogP contribution is -2.24. The van der Waals surface area contributed by atoms with Crippen molar-refractivity contribution >= 4 is 6.29 Å². The summed E-state index contributed by atoms with van der Waals surface area (Å²) in [7, 11) is 1.80. The fourth-order valence-corrected chi connectivity index (χ4v) is 0.788. The summed E-state index contributed by atoms with van der Waals surface area (Å²) in [6.45, 7) is 1.82. The number of hydrogen-bond acceptors (Lipinski definition) is 3. The molecule has 9 heavy (non-hydrogen) atoms. The Morgan fingerprint density at radius 3 is 2.78 bits per heavy atom. The van der Waals surface area contributed by atoms with Crippen LogP contribution in [0.3, 0.4) is 0 Å². The van der Waals surface area contributed by atoms with E-state index in [0.717, 1.165) is 12.0 Å². The first-order valence-corrected chi connectivity index (χ1v) is 2.76. The number of allylic oxidation sites excluding steroid dienone is 1. The van der Waals surface area contributed by atoms with Crippen molar-refractivity contribution in [2.75, 3.05) is 7.05 Å². The van der Waals surface area contributed by atoms with Gasteiger partial charge in [0.05, 0.1) is 0 Å². The first kappa shape index (κ1) is 6.13. The Bertz CT molecular complexity index is 153. The smallest absolute Gasteiger partial charge is 0.227 e. The molecule has 0 radical (unpaired) electrons. The number of aldehydes is 1. The number of carbonyl (C=O) groups is 1. The Balaban J connectivity index is 2.59. The molecule has 0 aliphatic carbocycles. The molecule has 1 aliphatic rings. The molecule has 0 aromatic heterocycles. The zero-order chi connectivity index (χ0) is 6.85. The second kappa shape index (κ2) is 2.09. The Kier molecular flexibility index (Phi) is 1.42. The third-order valence-electron chi connectivity index (χ3n) is 1.21. The summed E-state index contributed by atoms with van der Waals surface area (Å²) < 4.78 is 5.04. The fourth-order valence-electron chi connectivity index (χ4n) is 0.788. The van der Waals surface area contributed by atoms with Crippen LogP contribution >= 0.6 is 0 Å². The lowest BCUT2D eigenvalue weighted by atomic mass is 10.6. The Morgan fingerprint density at radius 1 is 1.89 bits per heavy atom. The number of rotatable bonds is 1. The van der Waals surface area contributed by atoms with Crippen molar-refractivity contribution in [2.24, 2.45) is 0 Å². The molecular weight excluding hydrogens is 118 g/mol. The fraction of sp³-hybridized carbons (Fsp3) is 0.500. The first-order valence-electron chi connectivity index (χ1n) is 2.76. The highest BCUT2D eigenvalue weighted by molar-refractivity contribution is 5.56. The van der Waals surface area contributed by atoms with Gasteiger partial charge in [-0.3, -0.25) is 4.79 Å². The molecule has 1 atom stereocenters. The lowest BCUT2D eigenvalue weighted by molar-refractivity contribution is -0.119. The van der Waals surface area contributed by atoms with Gasteiger partial charge in [-0.2, -0.15) is 0 Å². The summed E-state index contributed by atoms with van der Waals surface area (Å²) in [4.78, 5) is 11.9. The topological polar surface area (TPSA) is 29.5 Å². The van der Waals surface area contributed by atoms with Crippen LogP contribution in [-0.4, -0.2) is 24.5 Å². The van der Waals surface area contributed by atoms with E-state index < -0.39 is 6.23 Å². The largest absolute Gasteiger partial charge is 0.467 e. The van der Waals surface area contributed by atoms with Gasteiger partial charge in [0.25, 0.3) is 0 Å². The SMILES string of the molecule is CC1=CN(C)C(C=O)O1. The van der Waals surface area contributed by atoms with Crippen molar-refractivity contribution in [3.05, 3.63) is 12.0 Å². The number of likely N-dealkylation sites (N-methyl/N-ethyl adjacent to an activating group) is 1. The van der Waals surface area contributed by atoms with Gasteiger partial charge in [-0.1, -0.05) is 0 Å². The second-order valence-corrected chi connectivity index (χ2v) is 2.05. The van der Waals surface area contributed by atoms with E-state index in [-0.39, 0.29) is 0 Å². The van der Waals surface area contributed by atoms with E-state index in [0.29, 0.717) is 0 Å². The van der Waals surface area contributed by atoms with Crippen molar-refractivity contribution < 1.29 is 9.53 Å². The van der Waals surface area contributed by atoms with Crippen molar-refractivity contribution in [3.8, 4) is 0 Å². The van der Waals surface area contributed by atoms with Crippen LogP contribution in [0.1, 0.15) is 6.92 Å². The van der Waals surface area contributed by atoms with Crippen LogP contribution in [0.4, 0.5) is 0 Å². The summed E-state index contributed by atoms with van der Waals surface area (Å²) >= 11 is 0. The Hall–Kier alpha value is -0.990. The summed E-state index contributed by atoms with van der Waals surface area (Å²) in [6.07, 6.45) is 2.16. The molecule has 3 nitrogen and oxygen atoms in total.